The van der Waals surface area contributed by atoms with Crippen LogP contribution in [-0.4, -0.2) is 4.98 Å². The number of para-hydroxylation sites is 1. The lowest BCUT2D eigenvalue weighted by molar-refractivity contribution is 0.458. The van der Waals surface area contributed by atoms with Crippen molar-refractivity contribution in [3.8, 4) is 11.6 Å². The third kappa shape index (κ3) is 2.87. The van der Waals surface area contributed by atoms with E-state index in [9.17, 15) is 0 Å². The predicted octanol–water partition coefficient (Wildman–Crippen LogP) is 3.59. The smallest absolute Gasteiger partial charge is 0.222 e. The van der Waals surface area contributed by atoms with Crippen LogP contribution in [0, 0.1) is 6.92 Å². The Bertz CT molecular complexity index is 511. The molecule has 2 N–H and O–H groups in total. The highest BCUT2D eigenvalue weighted by Crippen LogP contribution is 2.24. The van der Waals surface area contributed by atoms with Crippen LogP contribution in [0.4, 0.5) is 0 Å². The van der Waals surface area contributed by atoms with Crippen molar-refractivity contribution in [3.05, 3.63) is 53.7 Å². The lowest BCUT2D eigenvalue weighted by atomic mass is 10.1. The topological polar surface area (TPSA) is 48.1 Å². The zero-order valence-corrected chi connectivity index (χ0v) is 10.8. The zero-order valence-electron chi connectivity index (χ0n) is 10.8. The summed E-state index contributed by atoms with van der Waals surface area (Å²) in [6.07, 6.45) is 2.69. The first-order valence-electron chi connectivity index (χ1n) is 6.15. The molecular weight excluding hydrogens is 224 g/mol. The van der Waals surface area contributed by atoms with Gasteiger partial charge in [-0.05, 0) is 37.1 Å². The molecule has 94 valence electrons. The highest BCUT2D eigenvalue weighted by atomic mass is 16.5. The van der Waals surface area contributed by atoms with Gasteiger partial charge < -0.3 is 10.5 Å². The Balaban J connectivity index is 2.20. The molecule has 1 aromatic heterocycles. The maximum atomic E-state index is 5.98. The molecule has 1 aromatic carbocycles. The SMILES string of the molecule is CC[C@@H](N)c1cnc(Oc2ccccc2)c(C)c1. The van der Waals surface area contributed by atoms with E-state index in [1.165, 1.54) is 0 Å². The van der Waals surface area contributed by atoms with E-state index in [-0.39, 0.29) is 6.04 Å². The molecule has 18 heavy (non-hydrogen) atoms. The van der Waals surface area contributed by atoms with Gasteiger partial charge in [-0.2, -0.15) is 0 Å². The monoisotopic (exact) mass is 242 g/mol. The van der Waals surface area contributed by atoms with Crippen molar-refractivity contribution in [2.75, 3.05) is 0 Å². The van der Waals surface area contributed by atoms with Crippen molar-refractivity contribution in [1.29, 1.82) is 0 Å². The van der Waals surface area contributed by atoms with E-state index in [4.69, 9.17) is 10.5 Å². The number of nitrogens with two attached hydrogens (primary N) is 1. The first-order chi connectivity index (χ1) is 8.70. The summed E-state index contributed by atoms with van der Waals surface area (Å²) in [5.41, 5.74) is 8.04. The molecule has 2 rings (SSSR count). The van der Waals surface area contributed by atoms with E-state index in [0.29, 0.717) is 5.88 Å². The van der Waals surface area contributed by atoms with E-state index < -0.39 is 0 Å². The van der Waals surface area contributed by atoms with Crippen LogP contribution in [0.25, 0.3) is 0 Å². The highest BCUT2D eigenvalue weighted by Gasteiger charge is 2.08. The number of hydrogen-bond acceptors (Lipinski definition) is 3. The minimum Gasteiger partial charge on any atom is -0.439 e. The van der Waals surface area contributed by atoms with Crippen LogP contribution in [-0.2, 0) is 0 Å². The Morgan fingerprint density at radius 1 is 1.28 bits per heavy atom. The standard InChI is InChI=1S/C15H18N2O/c1-3-14(16)12-9-11(2)15(17-10-12)18-13-7-5-4-6-8-13/h4-10,14H,3,16H2,1-2H3/t14-/m1/s1. The molecular formula is C15H18N2O. The third-order valence-electron chi connectivity index (χ3n) is 2.88. The first-order valence-corrected chi connectivity index (χ1v) is 6.15. The summed E-state index contributed by atoms with van der Waals surface area (Å²) in [4.78, 5) is 4.34. The second-order valence-corrected chi connectivity index (χ2v) is 4.32. The van der Waals surface area contributed by atoms with Crippen molar-refractivity contribution < 1.29 is 4.74 Å². The number of aryl methyl sites for hydroxylation is 1. The van der Waals surface area contributed by atoms with E-state index >= 15 is 0 Å². The lowest BCUT2D eigenvalue weighted by Gasteiger charge is -2.12. The Morgan fingerprint density at radius 2 is 2.00 bits per heavy atom. The molecule has 0 saturated heterocycles. The number of benzene rings is 1. The Hall–Kier alpha value is -1.87. The summed E-state index contributed by atoms with van der Waals surface area (Å²) in [6, 6.07) is 11.7. The van der Waals surface area contributed by atoms with Gasteiger partial charge in [0.2, 0.25) is 5.88 Å². The molecule has 0 amide bonds. The van der Waals surface area contributed by atoms with E-state index in [1.807, 2.05) is 43.3 Å². The number of ether oxygens (including phenoxy) is 1. The second-order valence-electron chi connectivity index (χ2n) is 4.32. The average Bonchev–Trinajstić information content (AvgIpc) is 2.41. The molecule has 0 aliphatic carbocycles. The van der Waals surface area contributed by atoms with Crippen molar-refractivity contribution in [2.45, 2.75) is 26.3 Å². The van der Waals surface area contributed by atoms with Crippen LogP contribution >= 0.6 is 0 Å². The summed E-state index contributed by atoms with van der Waals surface area (Å²) in [5, 5.41) is 0. The maximum Gasteiger partial charge on any atom is 0.222 e. The summed E-state index contributed by atoms with van der Waals surface area (Å²) in [6.45, 7) is 4.05. The van der Waals surface area contributed by atoms with Gasteiger partial charge in [0.05, 0.1) is 0 Å². The summed E-state index contributed by atoms with van der Waals surface area (Å²) in [7, 11) is 0. The van der Waals surface area contributed by atoms with Crippen LogP contribution in [0.3, 0.4) is 0 Å². The predicted molar refractivity (Wildman–Crippen MR) is 72.7 cm³/mol. The Labute approximate surface area is 108 Å². The Kier molecular flexibility index (Phi) is 3.95. The molecule has 1 heterocycles. The van der Waals surface area contributed by atoms with Gasteiger partial charge in [-0.1, -0.05) is 25.1 Å². The number of pyridine rings is 1. The van der Waals surface area contributed by atoms with Crippen molar-refractivity contribution >= 4 is 0 Å². The van der Waals surface area contributed by atoms with Gasteiger partial charge in [0.25, 0.3) is 0 Å². The average molecular weight is 242 g/mol. The van der Waals surface area contributed by atoms with Gasteiger partial charge in [-0.25, -0.2) is 4.98 Å². The molecule has 1 atom stereocenters. The van der Waals surface area contributed by atoms with E-state index in [1.54, 1.807) is 6.20 Å². The van der Waals surface area contributed by atoms with Crippen LogP contribution in [0.15, 0.2) is 42.6 Å². The molecule has 0 bridgehead atoms. The van der Waals surface area contributed by atoms with Gasteiger partial charge in [0.1, 0.15) is 5.75 Å². The largest absolute Gasteiger partial charge is 0.439 e. The quantitative estimate of drug-likeness (QED) is 0.891. The number of aromatic nitrogens is 1. The summed E-state index contributed by atoms with van der Waals surface area (Å²) >= 11 is 0. The van der Waals surface area contributed by atoms with Gasteiger partial charge in [-0.3, -0.25) is 0 Å². The summed E-state index contributed by atoms with van der Waals surface area (Å²) < 4.78 is 5.73. The number of nitrogens with zero attached hydrogens (tertiary/aromatic N) is 1. The highest BCUT2D eigenvalue weighted by molar-refractivity contribution is 5.34. The maximum absolute atomic E-state index is 5.98. The van der Waals surface area contributed by atoms with Crippen molar-refractivity contribution in [1.82, 2.24) is 4.98 Å². The lowest BCUT2D eigenvalue weighted by Crippen LogP contribution is -2.09. The van der Waals surface area contributed by atoms with Gasteiger partial charge >= 0.3 is 0 Å². The first kappa shape index (κ1) is 12.6. The fraction of sp³-hybridized carbons (Fsp3) is 0.267. The fourth-order valence-electron chi connectivity index (χ4n) is 1.73. The molecule has 0 fully saturated rings. The Morgan fingerprint density at radius 3 is 2.61 bits per heavy atom. The van der Waals surface area contributed by atoms with Gasteiger partial charge in [-0.15, -0.1) is 0 Å². The minimum absolute atomic E-state index is 0.0435. The van der Waals surface area contributed by atoms with Gasteiger partial charge in [0, 0.05) is 17.8 Å². The molecule has 0 aliphatic heterocycles. The molecule has 0 saturated carbocycles. The van der Waals surface area contributed by atoms with Crippen LogP contribution < -0.4 is 10.5 Å². The van der Waals surface area contributed by atoms with Crippen LogP contribution in [0.5, 0.6) is 11.6 Å². The molecule has 0 aliphatic rings. The van der Waals surface area contributed by atoms with Crippen LogP contribution in [0.1, 0.15) is 30.5 Å². The van der Waals surface area contributed by atoms with E-state index in [2.05, 4.69) is 11.9 Å². The van der Waals surface area contributed by atoms with Crippen LogP contribution in [0.2, 0.25) is 0 Å². The normalized spacial score (nSPS) is 12.2. The molecule has 3 heteroatoms. The zero-order chi connectivity index (χ0) is 13.0. The molecule has 0 unspecified atom stereocenters. The molecule has 2 aromatic rings. The molecule has 3 nitrogen and oxygen atoms in total. The fourth-order valence-corrected chi connectivity index (χ4v) is 1.73. The number of rotatable bonds is 4. The third-order valence-corrected chi connectivity index (χ3v) is 2.88. The molecule has 0 radical (unpaired) electrons. The van der Waals surface area contributed by atoms with Gasteiger partial charge in [0.15, 0.2) is 0 Å². The number of hydrogen-bond donors (Lipinski definition) is 1. The van der Waals surface area contributed by atoms with Crippen molar-refractivity contribution in [2.24, 2.45) is 5.73 Å². The second kappa shape index (κ2) is 5.65. The molecule has 0 spiro atoms. The van der Waals surface area contributed by atoms with Crippen molar-refractivity contribution in [3.63, 3.8) is 0 Å². The summed E-state index contributed by atoms with van der Waals surface area (Å²) in [5.74, 6) is 1.42. The minimum atomic E-state index is 0.0435. The van der Waals surface area contributed by atoms with E-state index in [0.717, 1.165) is 23.3 Å².